The van der Waals surface area contributed by atoms with Crippen LogP contribution >= 0.6 is 0 Å². The molecular formula is C24H32N4O4. The molecule has 8 nitrogen and oxygen atoms in total. The highest BCUT2D eigenvalue weighted by molar-refractivity contribution is 5.96. The van der Waals surface area contributed by atoms with Crippen LogP contribution in [0.3, 0.4) is 0 Å². The van der Waals surface area contributed by atoms with Gasteiger partial charge in [-0.25, -0.2) is 4.99 Å². The minimum absolute atomic E-state index is 0.0829. The predicted molar refractivity (Wildman–Crippen MR) is 126 cm³/mol. The van der Waals surface area contributed by atoms with Gasteiger partial charge in [0.05, 0.1) is 33.4 Å². The Morgan fingerprint density at radius 1 is 1.09 bits per heavy atom. The van der Waals surface area contributed by atoms with Gasteiger partial charge in [-0.1, -0.05) is 18.2 Å². The van der Waals surface area contributed by atoms with Crippen LogP contribution in [0.25, 0.3) is 0 Å². The van der Waals surface area contributed by atoms with Crippen molar-refractivity contribution >= 4 is 17.6 Å². The number of aliphatic imine (C=N–C) groups is 1. The van der Waals surface area contributed by atoms with E-state index in [1.165, 1.54) is 0 Å². The third-order valence-electron chi connectivity index (χ3n) is 4.54. The number of amides is 1. The topological polar surface area (TPSA) is 93.2 Å². The summed E-state index contributed by atoms with van der Waals surface area (Å²) in [6, 6.07) is 13.3. The summed E-state index contributed by atoms with van der Waals surface area (Å²) in [5.74, 6) is 2.51. The van der Waals surface area contributed by atoms with Gasteiger partial charge in [0.2, 0.25) is 5.91 Å². The number of carbonyl (C=O) groups excluding carboxylic acids is 1. The molecule has 1 aliphatic rings. The second-order valence-corrected chi connectivity index (χ2v) is 8.47. The molecule has 0 fully saturated rings. The molecule has 0 radical (unpaired) electrons. The van der Waals surface area contributed by atoms with E-state index in [1.807, 2.05) is 63.2 Å². The number of nitrogens with zero attached hydrogens (tertiary/aromatic N) is 1. The fourth-order valence-corrected chi connectivity index (χ4v) is 3.14. The van der Waals surface area contributed by atoms with E-state index in [1.54, 1.807) is 7.11 Å². The largest absolute Gasteiger partial charge is 0.496 e. The van der Waals surface area contributed by atoms with E-state index in [0.717, 1.165) is 29.2 Å². The van der Waals surface area contributed by atoms with Crippen molar-refractivity contribution in [3.63, 3.8) is 0 Å². The van der Waals surface area contributed by atoms with Gasteiger partial charge in [-0.2, -0.15) is 0 Å². The summed E-state index contributed by atoms with van der Waals surface area (Å²) in [5, 5.41) is 9.30. The third kappa shape index (κ3) is 7.08. The molecule has 1 heterocycles. The van der Waals surface area contributed by atoms with Crippen LogP contribution in [-0.4, -0.2) is 44.3 Å². The standard InChI is InChI=1S/C24H32N4O4/c1-24(2,3)28-22(29)16-26-23(25-15-17-8-5-6-9-19(17)30-4)27-18-10-11-20-21(14-18)32-13-7-12-31-20/h5-6,8-11,14H,7,12-13,15-16H2,1-4H3,(H,28,29)(H2,25,26,27). The third-order valence-corrected chi connectivity index (χ3v) is 4.54. The normalized spacial score (nSPS) is 13.7. The minimum Gasteiger partial charge on any atom is -0.496 e. The van der Waals surface area contributed by atoms with E-state index in [4.69, 9.17) is 14.2 Å². The summed E-state index contributed by atoms with van der Waals surface area (Å²) in [4.78, 5) is 17.0. The first-order chi connectivity index (χ1) is 15.3. The van der Waals surface area contributed by atoms with Gasteiger partial charge in [-0.05, 0) is 39.0 Å². The van der Waals surface area contributed by atoms with E-state index in [9.17, 15) is 4.79 Å². The number of hydrogen-bond acceptors (Lipinski definition) is 5. The molecule has 1 aliphatic heterocycles. The summed E-state index contributed by atoms with van der Waals surface area (Å²) >= 11 is 0. The van der Waals surface area contributed by atoms with Gasteiger partial charge in [-0.3, -0.25) is 4.79 Å². The number of anilines is 1. The number of hydrogen-bond donors (Lipinski definition) is 3. The lowest BCUT2D eigenvalue weighted by Crippen LogP contribution is -2.46. The highest BCUT2D eigenvalue weighted by Crippen LogP contribution is 2.32. The quantitative estimate of drug-likeness (QED) is 0.471. The van der Waals surface area contributed by atoms with Gasteiger partial charge >= 0.3 is 0 Å². The molecule has 8 heteroatoms. The smallest absolute Gasteiger partial charge is 0.239 e. The van der Waals surface area contributed by atoms with Gasteiger partial charge in [0, 0.05) is 29.3 Å². The maximum atomic E-state index is 12.3. The Hall–Kier alpha value is -3.42. The van der Waals surface area contributed by atoms with Crippen LogP contribution in [0, 0.1) is 0 Å². The van der Waals surface area contributed by atoms with E-state index in [0.29, 0.717) is 31.5 Å². The van der Waals surface area contributed by atoms with Crippen LogP contribution in [0.2, 0.25) is 0 Å². The first kappa shape index (κ1) is 23.2. The number of benzene rings is 2. The summed E-state index contributed by atoms with van der Waals surface area (Å²) < 4.78 is 16.9. The van der Waals surface area contributed by atoms with E-state index in [2.05, 4.69) is 20.9 Å². The van der Waals surface area contributed by atoms with Crippen LogP contribution in [0.15, 0.2) is 47.5 Å². The molecule has 0 saturated carbocycles. The van der Waals surface area contributed by atoms with E-state index < -0.39 is 0 Å². The number of fused-ring (bicyclic) bond motifs is 1. The molecule has 3 N–H and O–H groups in total. The molecule has 0 spiro atoms. The van der Waals surface area contributed by atoms with Crippen LogP contribution in [0.4, 0.5) is 5.69 Å². The molecular weight excluding hydrogens is 408 g/mol. The Morgan fingerprint density at radius 3 is 2.59 bits per heavy atom. The molecule has 0 aliphatic carbocycles. The maximum Gasteiger partial charge on any atom is 0.239 e. The van der Waals surface area contributed by atoms with Crippen molar-refractivity contribution in [1.82, 2.24) is 10.6 Å². The lowest BCUT2D eigenvalue weighted by Gasteiger charge is -2.21. The van der Waals surface area contributed by atoms with Crippen molar-refractivity contribution in [3.8, 4) is 17.2 Å². The number of rotatable bonds is 6. The summed E-state index contributed by atoms with van der Waals surface area (Å²) in [5.41, 5.74) is 1.40. The lowest BCUT2D eigenvalue weighted by atomic mass is 10.1. The first-order valence-corrected chi connectivity index (χ1v) is 10.7. The van der Waals surface area contributed by atoms with Gasteiger partial charge in [-0.15, -0.1) is 0 Å². The van der Waals surface area contributed by atoms with Gasteiger partial charge in [0.25, 0.3) is 0 Å². The first-order valence-electron chi connectivity index (χ1n) is 10.7. The fourth-order valence-electron chi connectivity index (χ4n) is 3.14. The monoisotopic (exact) mass is 440 g/mol. The molecule has 0 aromatic heterocycles. The predicted octanol–water partition coefficient (Wildman–Crippen LogP) is 3.33. The number of guanidine groups is 1. The van der Waals surface area contributed by atoms with Crippen LogP contribution in [0.5, 0.6) is 17.2 Å². The zero-order chi connectivity index (χ0) is 23.0. The van der Waals surface area contributed by atoms with Crippen molar-refractivity contribution < 1.29 is 19.0 Å². The lowest BCUT2D eigenvalue weighted by molar-refractivity contribution is -0.121. The molecule has 0 unspecified atom stereocenters. The van der Waals surface area contributed by atoms with Crippen LogP contribution in [0.1, 0.15) is 32.8 Å². The Kier molecular flexibility index (Phi) is 7.81. The molecule has 0 saturated heterocycles. The van der Waals surface area contributed by atoms with Crippen molar-refractivity contribution in [3.05, 3.63) is 48.0 Å². The number of methoxy groups -OCH3 is 1. The number of carbonyl (C=O) groups is 1. The molecule has 0 bridgehead atoms. The van der Waals surface area contributed by atoms with E-state index in [-0.39, 0.29) is 18.0 Å². The number of ether oxygens (including phenoxy) is 3. The summed E-state index contributed by atoms with van der Waals surface area (Å²) in [6.07, 6.45) is 0.841. The second kappa shape index (κ2) is 10.7. The van der Waals surface area contributed by atoms with Gasteiger partial charge in [0.15, 0.2) is 17.5 Å². The Morgan fingerprint density at radius 2 is 1.84 bits per heavy atom. The molecule has 172 valence electrons. The molecule has 2 aromatic rings. The maximum absolute atomic E-state index is 12.3. The SMILES string of the molecule is COc1ccccc1CN=C(NCC(=O)NC(C)(C)C)Nc1ccc2c(c1)OCCCO2. The Labute approximate surface area is 189 Å². The molecule has 1 amide bonds. The van der Waals surface area contributed by atoms with Crippen molar-refractivity contribution in [2.45, 2.75) is 39.3 Å². The molecule has 32 heavy (non-hydrogen) atoms. The van der Waals surface area contributed by atoms with Crippen molar-refractivity contribution in [2.75, 3.05) is 32.2 Å². The zero-order valence-electron chi connectivity index (χ0n) is 19.2. The Bertz CT molecular complexity index is 953. The molecule has 2 aromatic carbocycles. The Balaban J connectivity index is 1.76. The highest BCUT2D eigenvalue weighted by atomic mass is 16.5. The van der Waals surface area contributed by atoms with Crippen molar-refractivity contribution in [1.29, 1.82) is 0 Å². The zero-order valence-corrected chi connectivity index (χ0v) is 19.2. The van der Waals surface area contributed by atoms with Gasteiger partial charge in [0.1, 0.15) is 5.75 Å². The molecule has 3 rings (SSSR count). The number of nitrogens with one attached hydrogen (secondary N) is 3. The molecule has 0 atom stereocenters. The summed E-state index contributed by atoms with van der Waals surface area (Å²) in [7, 11) is 1.63. The summed E-state index contributed by atoms with van der Waals surface area (Å²) in [6.45, 7) is 7.53. The fraction of sp³-hybridized carbons (Fsp3) is 0.417. The minimum atomic E-state index is -0.310. The van der Waals surface area contributed by atoms with Crippen LogP contribution < -0.4 is 30.2 Å². The second-order valence-electron chi connectivity index (χ2n) is 8.47. The van der Waals surface area contributed by atoms with Crippen molar-refractivity contribution in [2.24, 2.45) is 4.99 Å². The van der Waals surface area contributed by atoms with E-state index >= 15 is 0 Å². The van der Waals surface area contributed by atoms with Gasteiger partial charge < -0.3 is 30.2 Å². The number of para-hydroxylation sites is 1. The average molecular weight is 441 g/mol. The van der Waals surface area contributed by atoms with Crippen LogP contribution in [-0.2, 0) is 11.3 Å². The highest BCUT2D eigenvalue weighted by Gasteiger charge is 2.15. The average Bonchev–Trinajstić information content (AvgIpc) is 2.99.